The number of benzene rings is 2. The van der Waals surface area contributed by atoms with Gasteiger partial charge in [-0.15, -0.1) is 0 Å². The molecule has 0 unspecified atom stereocenters. The van der Waals surface area contributed by atoms with Gasteiger partial charge in [0.25, 0.3) is 5.69 Å². The van der Waals surface area contributed by atoms with E-state index in [9.17, 15) is 20.0 Å². The first-order valence-corrected chi connectivity index (χ1v) is 9.05. The Labute approximate surface area is 164 Å². The molecule has 1 aliphatic heterocycles. The Balaban J connectivity index is 1.93. The molecule has 0 saturated heterocycles. The number of carboxylic acids is 1. The Bertz CT molecular complexity index is 1010. The predicted molar refractivity (Wildman–Crippen MR) is 100 cm³/mol. The predicted octanol–water partition coefficient (Wildman–Crippen LogP) is 4.09. The van der Waals surface area contributed by atoms with E-state index >= 15 is 0 Å². The molecule has 0 aromatic heterocycles. The number of allylic oxidation sites excluding steroid dienone is 2. The number of carbonyl (C=O) groups excluding carboxylic acids is 1. The van der Waals surface area contributed by atoms with E-state index in [1.54, 1.807) is 18.2 Å². The smallest absolute Gasteiger partial charge is 0.275 e. The lowest BCUT2D eigenvalue weighted by atomic mass is 9.75. The van der Waals surface area contributed by atoms with E-state index < -0.39 is 10.9 Å². The summed E-state index contributed by atoms with van der Waals surface area (Å²) in [6.07, 6.45) is 4.54. The van der Waals surface area contributed by atoms with Crippen molar-refractivity contribution in [3.63, 3.8) is 0 Å². The maximum Gasteiger partial charge on any atom is 0.275 e. The molecule has 6 nitrogen and oxygen atoms in total. The lowest BCUT2D eigenvalue weighted by molar-refractivity contribution is -0.385. The van der Waals surface area contributed by atoms with Gasteiger partial charge < -0.3 is 15.2 Å². The molecule has 3 atom stereocenters. The van der Waals surface area contributed by atoms with Crippen molar-refractivity contribution in [1.29, 1.82) is 0 Å². The van der Waals surface area contributed by atoms with Crippen LogP contribution in [-0.2, 0) is 0 Å². The third kappa shape index (κ3) is 2.85. The van der Waals surface area contributed by atoms with E-state index in [2.05, 4.69) is 5.32 Å². The third-order valence-electron chi connectivity index (χ3n) is 5.21. The first-order chi connectivity index (χ1) is 12.9. The number of anilines is 1. The van der Waals surface area contributed by atoms with Gasteiger partial charge in [0, 0.05) is 27.6 Å². The molecule has 8 heteroatoms. The van der Waals surface area contributed by atoms with Crippen LogP contribution in [0.2, 0.25) is 10.0 Å². The fraction of sp³-hybridized carbons (Fsp3) is 0.211. The Morgan fingerprint density at radius 2 is 2.00 bits per heavy atom. The largest absolute Gasteiger partial charge is 0.545 e. The van der Waals surface area contributed by atoms with Crippen molar-refractivity contribution in [2.24, 2.45) is 5.92 Å². The van der Waals surface area contributed by atoms with Gasteiger partial charge in [0.15, 0.2) is 0 Å². The number of nitro groups is 1. The number of nitrogens with one attached hydrogen (secondary N) is 1. The summed E-state index contributed by atoms with van der Waals surface area (Å²) in [4.78, 5) is 22.7. The van der Waals surface area contributed by atoms with Crippen molar-refractivity contribution in [1.82, 2.24) is 0 Å². The zero-order chi connectivity index (χ0) is 19.3. The van der Waals surface area contributed by atoms with Crippen molar-refractivity contribution >= 4 is 40.5 Å². The molecule has 0 bridgehead atoms. The molecule has 2 aliphatic rings. The van der Waals surface area contributed by atoms with Crippen LogP contribution in [0.1, 0.15) is 39.9 Å². The second-order valence-corrected chi connectivity index (χ2v) is 7.45. The molecule has 0 radical (unpaired) electrons. The van der Waals surface area contributed by atoms with Crippen molar-refractivity contribution in [3.8, 4) is 0 Å². The van der Waals surface area contributed by atoms with Gasteiger partial charge in [0.1, 0.15) is 0 Å². The highest BCUT2D eigenvalue weighted by Gasteiger charge is 2.43. The van der Waals surface area contributed by atoms with Crippen LogP contribution in [0.3, 0.4) is 0 Å². The zero-order valence-electron chi connectivity index (χ0n) is 13.8. The summed E-state index contributed by atoms with van der Waals surface area (Å²) in [6, 6.07) is 7.24. The molecule has 0 amide bonds. The average Bonchev–Trinajstić information content (AvgIpc) is 3.09. The standard InChI is InChI=1S/C19H14Cl2N2O4/c20-9-4-5-12(14(21)8-9)17-11-3-1-2-10(11)16-15(23(26)27)7-6-13(19(24)25)18(16)22-17/h1-2,4-8,10-11,17,22H,3H2,(H,24,25)/p-1/t10-,11+,17+/m0/s1. The number of fused-ring (bicyclic) bond motifs is 3. The highest BCUT2D eigenvalue weighted by Crippen LogP contribution is 2.54. The molecule has 0 spiro atoms. The molecular formula is C19H13Cl2N2O4-. The second-order valence-electron chi connectivity index (χ2n) is 6.61. The molecule has 27 heavy (non-hydrogen) atoms. The quantitative estimate of drug-likeness (QED) is 0.472. The molecule has 2 aromatic carbocycles. The number of nitro benzene ring substituents is 1. The molecule has 1 N–H and O–H groups in total. The number of halogens is 2. The molecule has 4 rings (SSSR count). The van der Waals surface area contributed by atoms with Crippen LogP contribution >= 0.6 is 23.2 Å². The van der Waals surface area contributed by atoms with Crippen LogP contribution < -0.4 is 10.4 Å². The number of carbonyl (C=O) groups is 1. The maximum absolute atomic E-state index is 11.6. The van der Waals surface area contributed by atoms with Crippen molar-refractivity contribution in [2.45, 2.75) is 18.4 Å². The SMILES string of the molecule is O=C([O-])c1ccc([N+](=O)[O-])c2c1N[C@@H](c1ccc(Cl)cc1Cl)[C@@H]1CC=C[C@H]21. The molecule has 138 valence electrons. The molecule has 0 fully saturated rings. The van der Waals surface area contributed by atoms with E-state index in [-0.39, 0.29) is 34.8 Å². The van der Waals surface area contributed by atoms with Crippen LogP contribution in [0, 0.1) is 16.0 Å². The minimum atomic E-state index is -1.39. The minimum absolute atomic E-state index is 0.0353. The van der Waals surface area contributed by atoms with Crippen LogP contribution in [0.5, 0.6) is 0 Å². The van der Waals surface area contributed by atoms with Gasteiger partial charge in [0.05, 0.1) is 28.2 Å². The summed E-state index contributed by atoms with van der Waals surface area (Å²) >= 11 is 12.4. The number of rotatable bonds is 3. The van der Waals surface area contributed by atoms with Crippen LogP contribution in [0.25, 0.3) is 0 Å². The monoisotopic (exact) mass is 403 g/mol. The van der Waals surface area contributed by atoms with E-state index in [1.807, 2.05) is 12.2 Å². The summed E-state index contributed by atoms with van der Waals surface area (Å²) < 4.78 is 0. The Morgan fingerprint density at radius 1 is 1.22 bits per heavy atom. The van der Waals surface area contributed by atoms with Gasteiger partial charge in [-0.3, -0.25) is 10.1 Å². The second kappa shape index (κ2) is 6.55. The summed E-state index contributed by atoms with van der Waals surface area (Å²) in [5.41, 5.74) is 1.14. The number of aromatic carboxylic acids is 1. The van der Waals surface area contributed by atoms with E-state index in [1.165, 1.54) is 12.1 Å². The maximum atomic E-state index is 11.6. The highest BCUT2D eigenvalue weighted by molar-refractivity contribution is 6.35. The van der Waals surface area contributed by atoms with Gasteiger partial charge in [-0.1, -0.05) is 41.4 Å². The lowest BCUT2D eigenvalue weighted by Crippen LogP contribution is -2.33. The molecule has 1 heterocycles. The normalized spacial score (nSPS) is 22.7. The Morgan fingerprint density at radius 3 is 2.67 bits per heavy atom. The lowest BCUT2D eigenvalue weighted by Gasteiger charge is -2.38. The summed E-state index contributed by atoms with van der Waals surface area (Å²) in [6.45, 7) is 0. The first-order valence-electron chi connectivity index (χ1n) is 8.29. The third-order valence-corrected chi connectivity index (χ3v) is 5.77. The minimum Gasteiger partial charge on any atom is -0.545 e. The summed E-state index contributed by atoms with van der Waals surface area (Å²) in [5.74, 6) is -1.72. The van der Waals surface area contributed by atoms with Crippen molar-refractivity contribution in [3.05, 3.63) is 79.3 Å². The van der Waals surface area contributed by atoms with Crippen molar-refractivity contribution in [2.75, 3.05) is 5.32 Å². The number of carboxylic acid groups (broad SMARTS) is 1. The van der Waals surface area contributed by atoms with E-state index in [0.717, 1.165) is 5.56 Å². The Hall–Kier alpha value is -2.57. The topological polar surface area (TPSA) is 95.3 Å². The van der Waals surface area contributed by atoms with Gasteiger partial charge in [-0.2, -0.15) is 0 Å². The first kappa shape index (κ1) is 17.8. The molecule has 1 aliphatic carbocycles. The van der Waals surface area contributed by atoms with Gasteiger partial charge in [-0.25, -0.2) is 0 Å². The van der Waals surface area contributed by atoms with Crippen LogP contribution in [0.15, 0.2) is 42.5 Å². The fourth-order valence-corrected chi connectivity index (χ4v) is 4.61. The fourth-order valence-electron chi connectivity index (χ4n) is 4.08. The zero-order valence-corrected chi connectivity index (χ0v) is 15.3. The average molecular weight is 404 g/mol. The van der Waals surface area contributed by atoms with E-state index in [4.69, 9.17) is 23.2 Å². The number of hydrogen-bond acceptors (Lipinski definition) is 5. The molecule has 2 aromatic rings. The van der Waals surface area contributed by atoms with Crippen molar-refractivity contribution < 1.29 is 14.8 Å². The van der Waals surface area contributed by atoms with Gasteiger partial charge in [0.2, 0.25) is 0 Å². The summed E-state index contributed by atoms with van der Waals surface area (Å²) in [7, 11) is 0. The highest BCUT2D eigenvalue weighted by atomic mass is 35.5. The van der Waals surface area contributed by atoms with Crippen LogP contribution in [-0.4, -0.2) is 10.9 Å². The summed E-state index contributed by atoms with van der Waals surface area (Å²) in [5, 5.41) is 27.3. The number of nitrogens with zero attached hydrogens (tertiary/aromatic N) is 1. The van der Waals surface area contributed by atoms with Gasteiger partial charge in [-0.05, 0) is 36.1 Å². The van der Waals surface area contributed by atoms with Crippen LogP contribution in [0.4, 0.5) is 11.4 Å². The Kier molecular flexibility index (Phi) is 4.32. The van der Waals surface area contributed by atoms with E-state index in [0.29, 0.717) is 22.0 Å². The molecular weight excluding hydrogens is 391 g/mol. The molecule has 0 saturated carbocycles. The van der Waals surface area contributed by atoms with Gasteiger partial charge >= 0.3 is 0 Å². The number of hydrogen-bond donors (Lipinski definition) is 1.